The predicted molar refractivity (Wildman–Crippen MR) is 101 cm³/mol. The van der Waals surface area contributed by atoms with E-state index < -0.39 is 0 Å². The van der Waals surface area contributed by atoms with Crippen LogP contribution in [0.25, 0.3) is 0 Å². The maximum Gasteiger partial charge on any atom is 0.191 e. The van der Waals surface area contributed by atoms with Crippen molar-refractivity contribution in [2.45, 2.75) is 20.3 Å². The molecule has 0 aromatic heterocycles. The van der Waals surface area contributed by atoms with Crippen LogP contribution >= 0.6 is 0 Å². The number of hydrogen-bond acceptors (Lipinski definition) is 3. The van der Waals surface area contributed by atoms with Crippen LogP contribution < -0.4 is 15.5 Å². The Morgan fingerprint density at radius 2 is 1.70 bits per heavy atom. The summed E-state index contributed by atoms with van der Waals surface area (Å²) in [5, 5.41) is 6.74. The number of benzene rings is 1. The van der Waals surface area contributed by atoms with Crippen molar-refractivity contribution in [2.24, 2.45) is 4.99 Å². The first kappa shape index (κ1) is 19.3. The van der Waals surface area contributed by atoms with E-state index in [-0.39, 0.29) is 0 Å². The molecule has 0 fully saturated rings. The number of nitrogens with one attached hydrogen (secondary N) is 2. The largest absolute Gasteiger partial charge is 0.372 e. The van der Waals surface area contributed by atoms with Crippen molar-refractivity contribution in [3.05, 3.63) is 30.3 Å². The van der Waals surface area contributed by atoms with Crippen molar-refractivity contribution in [3.63, 3.8) is 0 Å². The number of rotatable bonds is 10. The summed E-state index contributed by atoms with van der Waals surface area (Å²) < 4.78 is 0. The fourth-order valence-corrected chi connectivity index (χ4v) is 2.33. The molecular formula is C18H33N5. The summed E-state index contributed by atoms with van der Waals surface area (Å²) in [6, 6.07) is 10.6. The molecule has 5 nitrogen and oxygen atoms in total. The summed E-state index contributed by atoms with van der Waals surface area (Å²) in [7, 11) is 3.95. The average molecular weight is 319 g/mol. The van der Waals surface area contributed by atoms with Gasteiger partial charge in [-0.05, 0) is 39.1 Å². The molecule has 130 valence electrons. The lowest BCUT2D eigenvalue weighted by atomic mass is 10.2. The van der Waals surface area contributed by atoms with Crippen molar-refractivity contribution >= 4 is 11.6 Å². The molecule has 0 aliphatic carbocycles. The van der Waals surface area contributed by atoms with E-state index in [1.54, 1.807) is 0 Å². The maximum atomic E-state index is 4.27. The first-order chi connectivity index (χ1) is 11.2. The highest BCUT2D eigenvalue weighted by molar-refractivity contribution is 5.79. The Labute approximate surface area is 141 Å². The first-order valence-corrected chi connectivity index (χ1v) is 8.64. The van der Waals surface area contributed by atoms with Crippen molar-refractivity contribution in [2.75, 3.05) is 58.3 Å². The second-order valence-electron chi connectivity index (χ2n) is 5.59. The van der Waals surface area contributed by atoms with Crippen LogP contribution in [0, 0.1) is 0 Å². The summed E-state index contributed by atoms with van der Waals surface area (Å²) in [5.41, 5.74) is 1.29. The third kappa shape index (κ3) is 7.88. The Morgan fingerprint density at radius 3 is 2.30 bits per heavy atom. The zero-order chi connectivity index (χ0) is 16.9. The Morgan fingerprint density at radius 1 is 1.00 bits per heavy atom. The van der Waals surface area contributed by atoms with E-state index in [1.807, 2.05) is 7.05 Å². The topological polar surface area (TPSA) is 42.9 Å². The van der Waals surface area contributed by atoms with Gasteiger partial charge < -0.3 is 20.4 Å². The van der Waals surface area contributed by atoms with Gasteiger partial charge in [0, 0.05) is 45.5 Å². The fourth-order valence-electron chi connectivity index (χ4n) is 2.33. The zero-order valence-electron chi connectivity index (χ0n) is 15.2. The van der Waals surface area contributed by atoms with Gasteiger partial charge in [-0.3, -0.25) is 4.99 Å². The third-order valence-electron chi connectivity index (χ3n) is 3.95. The van der Waals surface area contributed by atoms with Gasteiger partial charge in [-0.2, -0.15) is 0 Å². The smallest absolute Gasteiger partial charge is 0.191 e. The van der Waals surface area contributed by atoms with Gasteiger partial charge in [-0.1, -0.05) is 25.1 Å². The Bertz CT molecular complexity index is 432. The van der Waals surface area contributed by atoms with Crippen molar-refractivity contribution in [3.8, 4) is 0 Å². The van der Waals surface area contributed by atoms with Crippen LogP contribution in [-0.4, -0.2) is 64.2 Å². The standard InChI is InChI=1S/C18H33N5/c1-5-22(4)16-14-21-18(19-3)20-13-10-15-23(6-2)17-11-8-7-9-12-17/h7-9,11-12H,5-6,10,13-16H2,1-4H3,(H2,19,20,21). The number of para-hydroxylation sites is 1. The monoisotopic (exact) mass is 319 g/mol. The van der Waals surface area contributed by atoms with Gasteiger partial charge in [-0.25, -0.2) is 0 Å². The summed E-state index contributed by atoms with van der Waals surface area (Å²) in [6.45, 7) is 10.4. The predicted octanol–water partition coefficient (Wildman–Crippen LogP) is 2.02. The van der Waals surface area contributed by atoms with Gasteiger partial charge in [-0.15, -0.1) is 0 Å². The molecule has 0 radical (unpaired) electrons. The Kier molecular flexibility index (Phi) is 9.87. The molecule has 0 spiro atoms. The molecule has 0 aliphatic rings. The van der Waals surface area contributed by atoms with Crippen LogP contribution in [0.1, 0.15) is 20.3 Å². The number of aliphatic imine (C=N–C) groups is 1. The van der Waals surface area contributed by atoms with Crippen molar-refractivity contribution in [1.29, 1.82) is 0 Å². The molecule has 2 N–H and O–H groups in total. The maximum absolute atomic E-state index is 4.27. The third-order valence-corrected chi connectivity index (χ3v) is 3.95. The molecule has 0 unspecified atom stereocenters. The minimum absolute atomic E-state index is 0.886. The summed E-state index contributed by atoms with van der Waals surface area (Å²) >= 11 is 0. The molecule has 23 heavy (non-hydrogen) atoms. The molecule has 1 rings (SSSR count). The second kappa shape index (κ2) is 11.8. The number of nitrogens with zero attached hydrogens (tertiary/aromatic N) is 3. The van der Waals surface area contributed by atoms with Gasteiger partial charge in [0.2, 0.25) is 0 Å². The summed E-state index contributed by atoms with van der Waals surface area (Å²) in [4.78, 5) is 8.94. The zero-order valence-corrected chi connectivity index (χ0v) is 15.2. The lowest BCUT2D eigenvalue weighted by Gasteiger charge is -2.23. The number of likely N-dealkylation sites (N-methyl/N-ethyl adjacent to an activating group) is 1. The molecule has 0 saturated carbocycles. The van der Waals surface area contributed by atoms with E-state index in [0.717, 1.165) is 51.6 Å². The molecule has 0 aliphatic heterocycles. The van der Waals surface area contributed by atoms with Gasteiger partial charge >= 0.3 is 0 Å². The average Bonchev–Trinajstić information content (AvgIpc) is 2.60. The van der Waals surface area contributed by atoms with E-state index in [9.17, 15) is 0 Å². The highest BCUT2D eigenvalue weighted by Gasteiger charge is 2.03. The normalized spacial score (nSPS) is 11.6. The minimum atomic E-state index is 0.886. The number of anilines is 1. The molecule has 0 bridgehead atoms. The van der Waals surface area contributed by atoms with Crippen LogP contribution in [0.4, 0.5) is 5.69 Å². The van der Waals surface area contributed by atoms with Gasteiger partial charge in [0.15, 0.2) is 5.96 Å². The van der Waals surface area contributed by atoms with Gasteiger partial charge in [0.05, 0.1) is 0 Å². The molecule has 0 saturated heterocycles. The molecule has 1 aromatic rings. The van der Waals surface area contributed by atoms with Crippen molar-refractivity contribution in [1.82, 2.24) is 15.5 Å². The quantitative estimate of drug-likeness (QED) is 0.393. The minimum Gasteiger partial charge on any atom is -0.372 e. The highest BCUT2D eigenvalue weighted by Crippen LogP contribution is 2.12. The van der Waals surface area contributed by atoms with E-state index in [2.05, 4.69) is 76.7 Å². The summed E-state index contributed by atoms with van der Waals surface area (Å²) in [6.07, 6.45) is 1.08. The lowest BCUT2D eigenvalue weighted by molar-refractivity contribution is 0.357. The molecule has 1 aromatic carbocycles. The van der Waals surface area contributed by atoms with E-state index >= 15 is 0 Å². The van der Waals surface area contributed by atoms with E-state index in [0.29, 0.717) is 0 Å². The Hall–Kier alpha value is -1.75. The van der Waals surface area contributed by atoms with E-state index in [4.69, 9.17) is 0 Å². The van der Waals surface area contributed by atoms with Crippen molar-refractivity contribution < 1.29 is 0 Å². The fraction of sp³-hybridized carbons (Fsp3) is 0.611. The SMILES string of the molecule is CCN(C)CCNC(=NC)NCCCN(CC)c1ccccc1. The molecular weight excluding hydrogens is 286 g/mol. The van der Waals surface area contributed by atoms with E-state index in [1.165, 1.54) is 5.69 Å². The number of hydrogen-bond donors (Lipinski definition) is 2. The molecule has 0 heterocycles. The van der Waals surface area contributed by atoms with Crippen LogP contribution in [0.2, 0.25) is 0 Å². The first-order valence-electron chi connectivity index (χ1n) is 8.64. The number of guanidine groups is 1. The van der Waals surface area contributed by atoms with Crippen LogP contribution in [0.15, 0.2) is 35.3 Å². The highest BCUT2D eigenvalue weighted by atomic mass is 15.2. The summed E-state index contributed by atoms with van der Waals surface area (Å²) in [5.74, 6) is 0.886. The second-order valence-corrected chi connectivity index (χ2v) is 5.59. The van der Waals surface area contributed by atoms with Crippen LogP contribution in [-0.2, 0) is 0 Å². The van der Waals surface area contributed by atoms with Crippen LogP contribution in [0.5, 0.6) is 0 Å². The van der Waals surface area contributed by atoms with Gasteiger partial charge in [0.1, 0.15) is 0 Å². The molecule has 0 amide bonds. The Balaban J connectivity index is 2.24. The van der Waals surface area contributed by atoms with Gasteiger partial charge in [0.25, 0.3) is 0 Å². The molecule has 5 heteroatoms. The molecule has 0 atom stereocenters. The van der Waals surface area contributed by atoms with Crippen LogP contribution in [0.3, 0.4) is 0 Å². The lowest BCUT2D eigenvalue weighted by Crippen LogP contribution is -2.41.